The molecule has 0 aliphatic carbocycles. The van der Waals surface area contributed by atoms with E-state index in [1.54, 1.807) is 24.0 Å². The van der Waals surface area contributed by atoms with Crippen LogP contribution in [0.3, 0.4) is 0 Å². The first-order valence-corrected chi connectivity index (χ1v) is 6.81. The van der Waals surface area contributed by atoms with Gasteiger partial charge in [-0.3, -0.25) is 4.79 Å². The van der Waals surface area contributed by atoms with Crippen LogP contribution in [0.15, 0.2) is 30.3 Å². The van der Waals surface area contributed by atoms with Gasteiger partial charge >= 0.3 is 5.97 Å². The average Bonchev–Trinajstić information content (AvgIpc) is 2.54. The van der Waals surface area contributed by atoms with Crippen LogP contribution in [-0.4, -0.2) is 55.8 Å². The van der Waals surface area contributed by atoms with Gasteiger partial charge in [-0.2, -0.15) is 0 Å². The van der Waals surface area contributed by atoms with Gasteiger partial charge in [0.05, 0.1) is 20.3 Å². The van der Waals surface area contributed by atoms with E-state index in [2.05, 4.69) is 4.74 Å². The van der Waals surface area contributed by atoms with Gasteiger partial charge in [0, 0.05) is 6.54 Å². The molecule has 1 amide bonds. The Morgan fingerprint density at radius 3 is 2.71 bits per heavy atom. The van der Waals surface area contributed by atoms with Crippen molar-refractivity contribution in [2.75, 3.05) is 26.8 Å². The van der Waals surface area contributed by atoms with Crippen LogP contribution in [0.2, 0.25) is 0 Å². The summed E-state index contributed by atoms with van der Waals surface area (Å²) in [6.45, 7) is 2.63. The van der Waals surface area contributed by atoms with Gasteiger partial charge in [0.15, 0.2) is 12.2 Å². The van der Waals surface area contributed by atoms with Gasteiger partial charge in [0.25, 0.3) is 5.91 Å². The first kappa shape index (κ1) is 15.3. The number of hydrogen-bond donors (Lipinski definition) is 0. The topological polar surface area (TPSA) is 65.1 Å². The summed E-state index contributed by atoms with van der Waals surface area (Å²) in [6, 6.07) is 9.14. The van der Waals surface area contributed by atoms with Gasteiger partial charge in [0.1, 0.15) is 5.75 Å². The number of morpholine rings is 1. The quantitative estimate of drug-likeness (QED) is 0.770. The Balaban J connectivity index is 1.94. The molecule has 2 rings (SSSR count). The summed E-state index contributed by atoms with van der Waals surface area (Å²) in [6.07, 6.45) is -1.35. The minimum atomic E-state index is -0.725. The lowest BCUT2D eigenvalue weighted by Gasteiger charge is -2.33. The number of hydrogen-bond acceptors (Lipinski definition) is 5. The molecule has 2 unspecified atom stereocenters. The zero-order valence-electron chi connectivity index (χ0n) is 12.2. The number of ether oxygens (including phenoxy) is 3. The summed E-state index contributed by atoms with van der Waals surface area (Å²) >= 11 is 0. The zero-order chi connectivity index (χ0) is 15.2. The lowest BCUT2D eigenvalue weighted by molar-refractivity contribution is -0.164. The van der Waals surface area contributed by atoms with Crippen molar-refractivity contribution in [3.63, 3.8) is 0 Å². The molecule has 6 heteroatoms. The Bertz CT molecular complexity index is 490. The largest absolute Gasteiger partial charge is 0.481 e. The SMILES string of the molecule is COC(=O)C1CN(C(=O)C(C)Oc2ccccc2)CCO1. The lowest BCUT2D eigenvalue weighted by atomic mass is 10.2. The molecule has 0 spiro atoms. The number of benzene rings is 1. The number of carbonyl (C=O) groups excluding carboxylic acids is 2. The zero-order valence-corrected chi connectivity index (χ0v) is 12.2. The van der Waals surface area contributed by atoms with Crippen LogP contribution < -0.4 is 4.74 Å². The number of carbonyl (C=O) groups is 2. The molecule has 0 bridgehead atoms. The van der Waals surface area contributed by atoms with Crippen molar-refractivity contribution in [2.24, 2.45) is 0 Å². The number of para-hydroxylation sites is 1. The normalized spacial score (nSPS) is 19.7. The van der Waals surface area contributed by atoms with E-state index < -0.39 is 18.2 Å². The number of amides is 1. The van der Waals surface area contributed by atoms with Crippen molar-refractivity contribution in [1.82, 2.24) is 4.90 Å². The molecule has 1 aromatic rings. The molecule has 1 aliphatic heterocycles. The van der Waals surface area contributed by atoms with Crippen molar-refractivity contribution in [2.45, 2.75) is 19.1 Å². The van der Waals surface area contributed by atoms with Gasteiger partial charge in [-0.1, -0.05) is 18.2 Å². The molecule has 1 saturated heterocycles. The molecule has 2 atom stereocenters. The summed E-state index contributed by atoms with van der Waals surface area (Å²) in [4.78, 5) is 25.4. The fourth-order valence-electron chi connectivity index (χ4n) is 2.13. The van der Waals surface area contributed by atoms with Crippen molar-refractivity contribution in [3.8, 4) is 5.75 Å². The maximum Gasteiger partial charge on any atom is 0.336 e. The third-order valence-electron chi connectivity index (χ3n) is 3.25. The van der Waals surface area contributed by atoms with Gasteiger partial charge in [-0.15, -0.1) is 0 Å². The molecule has 0 aromatic heterocycles. The summed E-state index contributed by atoms with van der Waals surface area (Å²) in [5, 5.41) is 0. The number of methoxy groups -OCH3 is 1. The van der Waals surface area contributed by atoms with Gasteiger partial charge in [-0.05, 0) is 19.1 Å². The summed E-state index contributed by atoms with van der Waals surface area (Å²) in [5.74, 6) is -0.00341. The molecular weight excluding hydrogens is 274 g/mol. The van der Waals surface area contributed by atoms with E-state index in [4.69, 9.17) is 9.47 Å². The van der Waals surface area contributed by atoms with Crippen LogP contribution >= 0.6 is 0 Å². The first-order valence-electron chi connectivity index (χ1n) is 6.81. The monoisotopic (exact) mass is 293 g/mol. The Morgan fingerprint density at radius 1 is 1.33 bits per heavy atom. The Morgan fingerprint density at radius 2 is 2.05 bits per heavy atom. The van der Waals surface area contributed by atoms with E-state index in [1.807, 2.05) is 18.2 Å². The minimum absolute atomic E-state index is 0.170. The molecular formula is C15H19NO5. The highest BCUT2D eigenvalue weighted by atomic mass is 16.6. The smallest absolute Gasteiger partial charge is 0.336 e. The van der Waals surface area contributed by atoms with Crippen LogP contribution in [0.25, 0.3) is 0 Å². The molecule has 0 saturated carbocycles. The second kappa shape index (κ2) is 7.08. The maximum atomic E-state index is 12.4. The summed E-state index contributed by atoms with van der Waals surface area (Å²) in [5.41, 5.74) is 0. The fourth-order valence-corrected chi connectivity index (χ4v) is 2.13. The standard InChI is InChI=1S/C15H19NO5/c1-11(21-12-6-4-3-5-7-12)14(17)16-8-9-20-13(10-16)15(18)19-2/h3-7,11,13H,8-10H2,1-2H3. The second-order valence-corrected chi connectivity index (χ2v) is 4.74. The maximum absolute atomic E-state index is 12.4. The Hall–Kier alpha value is -2.08. The van der Waals surface area contributed by atoms with E-state index in [1.165, 1.54) is 7.11 Å². The number of esters is 1. The molecule has 21 heavy (non-hydrogen) atoms. The third-order valence-corrected chi connectivity index (χ3v) is 3.25. The molecule has 114 valence electrons. The molecule has 1 aliphatic rings. The molecule has 0 radical (unpaired) electrons. The van der Waals surface area contributed by atoms with E-state index in [9.17, 15) is 9.59 Å². The van der Waals surface area contributed by atoms with E-state index >= 15 is 0 Å². The van der Waals surface area contributed by atoms with Crippen LogP contribution in [-0.2, 0) is 19.1 Å². The van der Waals surface area contributed by atoms with E-state index in [0.29, 0.717) is 18.9 Å². The predicted molar refractivity (Wildman–Crippen MR) is 74.9 cm³/mol. The van der Waals surface area contributed by atoms with Gasteiger partial charge in [0.2, 0.25) is 0 Å². The molecule has 1 fully saturated rings. The average molecular weight is 293 g/mol. The molecule has 6 nitrogen and oxygen atoms in total. The Labute approximate surface area is 123 Å². The summed E-state index contributed by atoms with van der Waals surface area (Å²) in [7, 11) is 1.30. The molecule has 0 N–H and O–H groups in total. The highest BCUT2D eigenvalue weighted by molar-refractivity contribution is 5.82. The van der Waals surface area contributed by atoms with Crippen molar-refractivity contribution in [1.29, 1.82) is 0 Å². The highest BCUT2D eigenvalue weighted by Gasteiger charge is 2.32. The van der Waals surface area contributed by atoms with E-state index in [0.717, 1.165) is 0 Å². The van der Waals surface area contributed by atoms with Crippen LogP contribution in [0.5, 0.6) is 5.75 Å². The lowest BCUT2D eigenvalue weighted by Crippen LogP contribution is -2.52. The first-order chi connectivity index (χ1) is 10.1. The van der Waals surface area contributed by atoms with Crippen LogP contribution in [0.4, 0.5) is 0 Å². The minimum Gasteiger partial charge on any atom is -0.481 e. The fraction of sp³-hybridized carbons (Fsp3) is 0.467. The van der Waals surface area contributed by atoms with Gasteiger partial charge in [-0.25, -0.2) is 4.79 Å². The number of nitrogens with zero attached hydrogens (tertiary/aromatic N) is 1. The van der Waals surface area contributed by atoms with Gasteiger partial charge < -0.3 is 19.1 Å². The Kier molecular flexibility index (Phi) is 5.16. The predicted octanol–water partition coefficient (Wildman–Crippen LogP) is 0.854. The molecule has 1 heterocycles. The van der Waals surface area contributed by atoms with E-state index in [-0.39, 0.29) is 12.5 Å². The highest BCUT2D eigenvalue weighted by Crippen LogP contribution is 2.14. The van der Waals surface area contributed by atoms with Crippen molar-refractivity contribution in [3.05, 3.63) is 30.3 Å². The third kappa shape index (κ3) is 3.95. The van der Waals surface area contributed by atoms with Crippen molar-refractivity contribution < 1.29 is 23.8 Å². The number of rotatable bonds is 4. The van der Waals surface area contributed by atoms with Crippen LogP contribution in [0, 0.1) is 0 Å². The van der Waals surface area contributed by atoms with Crippen LogP contribution in [0.1, 0.15) is 6.92 Å². The summed E-state index contributed by atoms with van der Waals surface area (Å²) < 4.78 is 15.5. The molecule has 1 aromatic carbocycles. The van der Waals surface area contributed by atoms with Crippen molar-refractivity contribution >= 4 is 11.9 Å². The second-order valence-electron chi connectivity index (χ2n) is 4.74.